The Morgan fingerprint density at radius 3 is 0.871 bits per heavy atom. The van der Waals surface area contributed by atoms with Crippen molar-refractivity contribution in [3.05, 3.63) is 311 Å². The first-order valence-electron chi connectivity index (χ1n) is 30.9. The summed E-state index contributed by atoms with van der Waals surface area (Å²) in [7, 11) is 0. The summed E-state index contributed by atoms with van der Waals surface area (Å²) in [5.41, 5.74) is 43.4. The number of rotatable bonds is 8. The van der Waals surface area contributed by atoms with Crippen molar-refractivity contribution in [2.24, 2.45) is 0 Å². The van der Waals surface area contributed by atoms with E-state index in [2.05, 4.69) is 268 Å². The lowest BCUT2D eigenvalue weighted by molar-refractivity contribution is 0.0933. The first kappa shape index (κ1) is 60.3. The summed E-state index contributed by atoms with van der Waals surface area (Å²) in [5, 5.41) is 2.59. The molecule has 10 aromatic rings. The van der Waals surface area contributed by atoms with Crippen LogP contribution in [-0.2, 0) is 5.41 Å². The van der Waals surface area contributed by atoms with Crippen molar-refractivity contribution >= 4 is 16.6 Å². The van der Waals surface area contributed by atoms with Crippen molar-refractivity contribution in [2.75, 3.05) is 0 Å². The molecule has 85 heavy (non-hydrogen) atoms. The zero-order valence-corrected chi connectivity index (χ0v) is 55.3. The third-order valence-electron chi connectivity index (χ3n) is 21.7. The van der Waals surface area contributed by atoms with Crippen molar-refractivity contribution < 1.29 is 4.79 Å². The number of fused-ring (bicyclic) bond motifs is 4. The van der Waals surface area contributed by atoms with Gasteiger partial charge in [0.2, 0.25) is 0 Å². The van der Waals surface area contributed by atoms with Gasteiger partial charge in [-0.2, -0.15) is 0 Å². The fraction of sp³-hybridized carbons (Fsp3) is 0.298. The minimum atomic E-state index is -0.891. The van der Waals surface area contributed by atoms with E-state index in [0.717, 1.165) is 33.4 Å². The zero-order chi connectivity index (χ0) is 61.6. The molecule has 10 aromatic carbocycles. The van der Waals surface area contributed by atoms with Crippen LogP contribution in [-0.4, -0.2) is 5.78 Å². The average Bonchev–Trinajstić information content (AvgIpc) is 0.871. The fourth-order valence-electron chi connectivity index (χ4n) is 14.4. The lowest BCUT2D eigenvalue weighted by Crippen LogP contribution is -2.42. The molecule has 0 bridgehead atoms. The average molecular weight is 1120 g/mol. The molecule has 0 spiro atoms. The van der Waals surface area contributed by atoms with Crippen LogP contribution in [0.25, 0.3) is 21.9 Å². The zero-order valence-electron chi connectivity index (χ0n) is 55.3. The largest absolute Gasteiger partial charge is 0.292 e. The molecule has 0 saturated heterocycles. The number of hydrogen-bond donors (Lipinski definition) is 0. The van der Waals surface area contributed by atoms with Gasteiger partial charge in [0.15, 0.2) is 5.78 Å². The van der Waals surface area contributed by atoms with Crippen LogP contribution in [0.5, 0.6) is 0 Å². The molecule has 1 heteroatoms. The monoisotopic (exact) mass is 1110 g/mol. The minimum absolute atomic E-state index is 0.148. The van der Waals surface area contributed by atoms with Gasteiger partial charge in [0.05, 0.1) is 0 Å². The van der Waals surface area contributed by atoms with Crippen molar-refractivity contribution in [1.82, 2.24) is 0 Å². The van der Waals surface area contributed by atoms with E-state index in [0.29, 0.717) is 0 Å². The Labute approximate surface area is 510 Å². The van der Waals surface area contributed by atoms with Crippen LogP contribution in [0.4, 0.5) is 0 Å². The summed E-state index contributed by atoms with van der Waals surface area (Å²) in [6.07, 6.45) is 0. The SMILES string of the molecule is Cc1cc(C(c2ccc3cc(C(c4cc(C)c(C)c(C)c4C)c4cc(C)c(C)c(C)c4C)ccc3c2)c2cc(C)c(C)c(C)c2C)c(C)c(C)c1C.Cc1cc(C2(c3cc(C)c(C)c(C)c3)C(=O)c3ccccc3-c3ccccc32)cc(C)c1C. The Hall–Kier alpha value is -7.87. The number of aryl methyl sites for hydroxylation is 8. The number of ketones is 1. The van der Waals surface area contributed by atoms with Gasteiger partial charge >= 0.3 is 0 Å². The molecule has 432 valence electrons. The lowest BCUT2D eigenvalue weighted by Gasteiger charge is -2.40. The van der Waals surface area contributed by atoms with Crippen molar-refractivity contribution in [3.63, 3.8) is 0 Å². The van der Waals surface area contributed by atoms with E-state index in [4.69, 9.17) is 0 Å². The summed E-state index contributed by atoms with van der Waals surface area (Å²) in [6, 6.07) is 49.9. The van der Waals surface area contributed by atoms with Gasteiger partial charge in [0.25, 0.3) is 0 Å². The van der Waals surface area contributed by atoms with Gasteiger partial charge < -0.3 is 0 Å². The Morgan fingerprint density at radius 1 is 0.259 bits per heavy atom. The molecule has 0 unspecified atom stereocenters. The highest BCUT2D eigenvalue weighted by Crippen LogP contribution is 2.52. The lowest BCUT2D eigenvalue weighted by atomic mass is 9.59. The standard InChI is InChI=1S/C52H60.C32H30O/c1-27-21-47(39(13)35(9)31(27)5)51(48-22-28(2)32(6)36(10)40(48)14)45-19-17-44-26-46(20-18-43(44)25-45)52(49-23-29(3)33(7)37(11)41(49)15)50-24-30(4)34(8)38(12)42(50)16;1-19-15-25(16-20(2)23(19)5)32(26-17-21(3)24(6)22(4)18-26)30-14-10-9-12-28(30)27-11-7-8-13-29(27)31(32)33/h17-26,51-52H,1-16H3;7-18H,1-6H3. The van der Waals surface area contributed by atoms with E-state index in [1.165, 1.54) is 167 Å². The van der Waals surface area contributed by atoms with Gasteiger partial charge in [0.1, 0.15) is 5.41 Å². The number of hydrogen-bond acceptors (Lipinski definition) is 1. The molecule has 0 aromatic heterocycles. The first-order chi connectivity index (χ1) is 40.2. The third kappa shape index (κ3) is 10.0. The van der Waals surface area contributed by atoms with Crippen LogP contribution < -0.4 is 0 Å². The molecular weight excluding hydrogens is 1020 g/mol. The van der Waals surface area contributed by atoms with Crippen LogP contribution in [0.15, 0.2) is 133 Å². The van der Waals surface area contributed by atoms with Crippen molar-refractivity contribution in [1.29, 1.82) is 0 Å². The summed E-state index contributed by atoms with van der Waals surface area (Å²) < 4.78 is 0. The van der Waals surface area contributed by atoms with Gasteiger partial charge in [-0.15, -0.1) is 0 Å². The van der Waals surface area contributed by atoms with Crippen LogP contribution >= 0.6 is 0 Å². The second-order valence-electron chi connectivity index (χ2n) is 26.0. The minimum Gasteiger partial charge on any atom is -0.292 e. The predicted molar refractivity (Wildman–Crippen MR) is 365 cm³/mol. The quantitative estimate of drug-likeness (QED) is 0.139. The highest BCUT2D eigenvalue weighted by Gasteiger charge is 2.49. The van der Waals surface area contributed by atoms with E-state index in [1.54, 1.807) is 0 Å². The molecular formula is C84H90O. The Bertz CT molecular complexity index is 3990. The predicted octanol–water partition coefficient (Wildman–Crippen LogP) is 21.9. The fourth-order valence-corrected chi connectivity index (χ4v) is 14.4. The Kier molecular flexibility index (Phi) is 16.2. The number of Topliss-reactive ketones (excluding diaryl/α,β-unsaturated/α-hetero) is 1. The van der Waals surface area contributed by atoms with Crippen molar-refractivity contribution in [3.8, 4) is 11.1 Å². The molecule has 0 radical (unpaired) electrons. The third-order valence-corrected chi connectivity index (χ3v) is 21.7. The number of benzene rings is 10. The van der Waals surface area contributed by atoms with E-state index in [1.807, 2.05) is 18.2 Å². The van der Waals surface area contributed by atoms with Gasteiger partial charge in [-0.3, -0.25) is 4.79 Å². The molecule has 0 fully saturated rings. The second kappa shape index (κ2) is 22.9. The molecule has 1 aliphatic carbocycles. The van der Waals surface area contributed by atoms with Crippen molar-refractivity contribution in [2.45, 2.75) is 170 Å². The molecule has 1 aliphatic rings. The highest BCUT2D eigenvalue weighted by atomic mass is 16.1. The highest BCUT2D eigenvalue weighted by molar-refractivity contribution is 6.17. The van der Waals surface area contributed by atoms with E-state index < -0.39 is 5.41 Å². The van der Waals surface area contributed by atoms with Crippen LogP contribution in [0.1, 0.15) is 195 Å². The molecule has 0 atom stereocenters. The second-order valence-corrected chi connectivity index (χ2v) is 26.0. The van der Waals surface area contributed by atoms with E-state index >= 15 is 0 Å². The maximum absolute atomic E-state index is 14.7. The molecule has 0 N–H and O–H groups in total. The first-order valence-corrected chi connectivity index (χ1v) is 30.9. The van der Waals surface area contributed by atoms with Gasteiger partial charge in [-0.25, -0.2) is 0 Å². The van der Waals surface area contributed by atoms with E-state index in [-0.39, 0.29) is 17.6 Å². The molecule has 11 rings (SSSR count). The Morgan fingerprint density at radius 2 is 0.541 bits per heavy atom. The summed E-state index contributed by atoms with van der Waals surface area (Å²) in [6.45, 7) is 49.6. The molecule has 0 aliphatic heterocycles. The molecule has 1 nitrogen and oxygen atoms in total. The molecule has 0 heterocycles. The van der Waals surface area contributed by atoms with E-state index in [9.17, 15) is 4.79 Å². The number of carbonyl (C=O) groups excluding carboxylic acids is 1. The molecule has 0 saturated carbocycles. The van der Waals surface area contributed by atoms with Crippen LogP contribution in [0.3, 0.4) is 0 Å². The number of carbonyl (C=O) groups is 1. The van der Waals surface area contributed by atoms with Crippen LogP contribution in [0.2, 0.25) is 0 Å². The normalized spacial score (nSPS) is 12.7. The Balaban J connectivity index is 0.000000208. The van der Waals surface area contributed by atoms with Crippen LogP contribution in [0, 0.1) is 152 Å². The summed E-state index contributed by atoms with van der Waals surface area (Å²) in [5.74, 6) is 0.451. The summed E-state index contributed by atoms with van der Waals surface area (Å²) >= 11 is 0. The maximum Gasteiger partial charge on any atom is 0.182 e. The van der Waals surface area contributed by atoms with Gasteiger partial charge in [0, 0.05) is 17.4 Å². The van der Waals surface area contributed by atoms with Gasteiger partial charge in [-0.05, 0) is 347 Å². The van der Waals surface area contributed by atoms with Gasteiger partial charge in [-0.1, -0.05) is 133 Å². The molecule has 0 amide bonds. The summed E-state index contributed by atoms with van der Waals surface area (Å²) in [4.78, 5) is 14.7. The smallest absolute Gasteiger partial charge is 0.182 e. The maximum atomic E-state index is 14.7. The topological polar surface area (TPSA) is 17.1 Å².